The molecule has 0 bridgehead atoms. The van der Waals surface area contributed by atoms with Crippen LogP contribution in [0, 0.1) is 13.8 Å². The summed E-state index contributed by atoms with van der Waals surface area (Å²) in [4.78, 5) is 15.4. The topological polar surface area (TPSA) is 34.9 Å². The summed E-state index contributed by atoms with van der Waals surface area (Å²) in [5.41, 5.74) is 1.33. The van der Waals surface area contributed by atoms with Crippen molar-refractivity contribution < 1.29 is 0 Å². The highest BCUT2D eigenvalue weighted by Gasteiger charge is 2.08. The number of nitrogens with zero attached hydrogens (tertiary/aromatic N) is 2. The average Bonchev–Trinajstić information content (AvgIpc) is 2.09. The molecule has 5 heteroatoms. The highest BCUT2D eigenvalue weighted by atomic mass is 79.9. The quantitative estimate of drug-likeness (QED) is 0.839. The third-order valence-corrected chi connectivity index (χ3v) is 3.26. The zero-order valence-electron chi connectivity index (χ0n) is 7.97. The second-order valence-electron chi connectivity index (χ2n) is 2.98. The minimum atomic E-state index is -0.246. The van der Waals surface area contributed by atoms with Gasteiger partial charge in [0.25, 0.3) is 0 Å². The first-order valence-electron chi connectivity index (χ1n) is 4.00. The molecule has 0 N–H and O–H groups in total. The number of rotatable bonds is 2. The van der Waals surface area contributed by atoms with Crippen molar-refractivity contribution >= 4 is 31.9 Å². The fourth-order valence-electron chi connectivity index (χ4n) is 1.13. The van der Waals surface area contributed by atoms with Gasteiger partial charge in [0.15, 0.2) is 0 Å². The Kier molecular flexibility index (Phi) is 3.66. The predicted molar refractivity (Wildman–Crippen MR) is 63.7 cm³/mol. The summed E-state index contributed by atoms with van der Waals surface area (Å²) in [5.74, 6) is 0. The van der Waals surface area contributed by atoms with E-state index >= 15 is 0 Å². The maximum atomic E-state index is 11.5. The molecule has 0 aliphatic heterocycles. The van der Waals surface area contributed by atoms with Crippen molar-refractivity contribution in [3.63, 3.8) is 0 Å². The smallest absolute Gasteiger partial charge is 0.291 e. The van der Waals surface area contributed by atoms with Crippen molar-refractivity contribution in [1.29, 1.82) is 0 Å². The second-order valence-corrected chi connectivity index (χ2v) is 4.90. The van der Waals surface area contributed by atoms with E-state index in [-0.39, 0.29) is 5.69 Å². The highest BCUT2D eigenvalue weighted by Crippen LogP contribution is 2.17. The Bertz CT molecular complexity index is 437. The van der Waals surface area contributed by atoms with Gasteiger partial charge in [-0.3, -0.25) is 4.57 Å². The molecule has 76 valence electrons. The number of hydrogen-bond donors (Lipinski definition) is 0. The molecule has 1 heterocycles. The molecular formula is C9H10Br2N2O. The summed E-state index contributed by atoms with van der Waals surface area (Å²) in [6, 6.07) is 0. The van der Waals surface area contributed by atoms with E-state index in [0.717, 1.165) is 14.6 Å². The van der Waals surface area contributed by atoms with Crippen LogP contribution in [0.25, 0.3) is 0 Å². The minimum Gasteiger partial charge on any atom is -0.291 e. The van der Waals surface area contributed by atoms with Crippen LogP contribution in [-0.4, -0.2) is 9.55 Å². The van der Waals surface area contributed by atoms with Crippen molar-refractivity contribution in [2.24, 2.45) is 0 Å². The van der Waals surface area contributed by atoms with Crippen molar-refractivity contribution in [2.75, 3.05) is 0 Å². The summed E-state index contributed by atoms with van der Waals surface area (Å²) < 4.78 is 3.18. The van der Waals surface area contributed by atoms with Crippen LogP contribution in [0.4, 0.5) is 0 Å². The monoisotopic (exact) mass is 320 g/mol. The van der Waals surface area contributed by atoms with E-state index in [2.05, 4.69) is 43.4 Å². The molecule has 1 aromatic heterocycles. The first kappa shape index (κ1) is 11.7. The summed E-state index contributed by atoms with van der Waals surface area (Å²) in [6.07, 6.45) is 0. The molecule has 0 saturated carbocycles. The molecule has 0 fully saturated rings. The lowest BCUT2D eigenvalue weighted by Crippen LogP contribution is -2.26. The normalized spacial score (nSPS) is 10.3. The maximum Gasteiger partial charge on any atom is 0.348 e. The summed E-state index contributed by atoms with van der Waals surface area (Å²) in [6.45, 7) is 7.81. The van der Waals surface area contributed by atoms with Crippen LogP contribution in [0.15, 0.2) is 20.3 Å². The van der Waals surface area contributed by atoms with Crippen LogP contribution in [0.2, 0.25) is 0 Å². The van der Waals surface area contributed by atoms with Crippen LogP contribution in [0.3, 0.4) is 0 Å². The molecule has 1 rings (SSSR count). The van der Waals surface area contributed by atoms with Crippen LogP contribution >= 0.6 is 31.9 Å². The fraction of sp³-hybridized carbons (Fsp3) is 0.333. The lowest BCUT2D eigenvalue weighted by Gasteiger charge is -2.10. The highest BCUT2D eigenvalue weighted by molar-refractivity contribution is 9.11. The number of hydrogen-bond acceptors (Lipinski definition) is 2. The lowest BCUT2D eigenvalue weighted by molar-refractivity contribution is 0.699. The van der Waals surface area contributed by atoms with Gasteiger partial charge in [0.2, 0.25) is 0 Å². The molecule has 0 atom stereocenters. The van der Waals surface area contributed by atoms with Crippen LogP contribution in [-0.2, 0) is 6.54 Å². The van der Waals surface area contributed by atoms with Crippen LogP contribution < -0.4 is 5.69 Å². The van der Waals surface area contributed by atoms with Crippen molar-refractivity contribution in [1.82, 2.24) is 9.55 Å². The number of halogens is 2. The van der Waals surface area contributed by atoms with E-state index in [9.17, 15) is 4.79 Å². The Balaban J connectivity index is 3.37. The van der Waals surface area contributed by atoms with E-state index < -0.39 is 0 Å². The molecule has 14 heavy (non-hydrogen) atoms. The van der Waals surface area contributed by atoms with Gasteiger partial charge in [0.05, 0.1) is 16.7 Å². The van der Waals surface area contributed by atoms with E-state index in [1.54, 1.807) is 11.5 Å². The Morgan fingerprint density at radius 2 is 2.14 bits per heavy atom. The molecule has 0 aromatic carbocycles. The minimum absolute atomic E-state index is 0.246. The Hall–Kier alpha value is -0.420. The molecule has 0 amide bonds. The first-order chi connectivity index (χ1) is 6.43. The largest absolute Gasteiger partial charge is 0.348 e. The molecule has 0 radical (unpaired) electrons. The molecule has 0 saturated heterocycles. The van der Waals surface area contributed by atoms with Gasteiger partial charge in [-0.25, -0.2) is 4.79 Å². The fourth-order valence-corrected chi connectivity index (χ4v) is 1.69. The molecule has 1 aromatic rings. The first-order valence-corrected chi connectivity index (χ1v) is 5.59. The van der Waals surface area contributed by atoms with Gasteiger partial charge < -0.3 is 0 Å². The Morgan fingerprint density at radius 3 is 2.64 bits per heavy atom. The Labute approximate surface area is 99.1 Å². The molecule has 0 aliphatic carbocycles. The molecule has 0 spiro atoms. The summed E-state index contributed by atoms with van der Waals surface area (Å²) >= 11 is 6.61. The van der Waals surface area contributed by atoms with Gasteiger partial charge >= 0.3 is 5.69 Å². The number of aryl methyl sites for hydroxylation is 1. The van der Waals surface area contributed by atoms with Gasteiger partial charge in [-0.15, -0.1) is 0 Å². The zero-order chi connectivity index (χ0) is 10.9. The van der Waals surface area contributed by atoms with E-state index in [4.69, 9.17) is 0 Å². The lowest BCUT2D eigenvalue weighted by atomic mass is 10.3. The molecule has 3 nitrogen and oxygen atoms in total. The molecule has 0 aliphatic rings. The van der Waals surface area contributed by atoms with E-state index in [1.165, 1.54) is 0 Å². The van der Waals surface area contributed by atoms with Crippen LogP contribution in [0.5, 0.6) is 0 Å². The van der Waals surface area contributed by atoms with E-state index in [1.807, 2.05) is 6.92 Å². The maximum absolute atomic E-state index is 11.5. The van der Waals surface area contributed by atoms with E-state index in [0.29, 0.717) is 12.2 Å². The SMILES string of the molecule is C=C(Br)Cn1c(C)c(Br)c(C)nc1=O. The van der Waals surface area contributed by atoms with Gasteiger partial charge in [-0.05, 0) is 29.8 Å². The van der Waals surface area contributed by atoms with Gasteiger partial charge in [-0.2, -0.15) is 4.98 Å². The van der Waals surface area contributed by atoms with Crippen molar-refractivity contribution in [3.8, 4) is 0 Å². The summed E-state index contributed by atoms with van der Waals surface area (Å²) in [7, 11) is 0. The third-order valence-electron chi connectivity index (χ3n) is 1.86. The standard InChI is InChI=1S/C9H10Br2N2O/c1-5(10)4-13-7(3)8(11)6(2)12-9(13)14/h1,4H2,2-3H3. The number of aromatic nitrogens is 2. The van der Waals surface area contributed by atoms with Gasteiger partial charge in [0.1, 0.15) is 0 Å². The predicted octanol–water partition coefficient (Wildman–Crippen LogP) is 2.53. The van der Waals surface area contributed by atoms with Gasteiger partial charge in [0, 0.05) is 10.2 Å². The van der Waals surface area contributed by atoms with Gasteiger partial charge in [-0.1, -0.05) is 22.5 Å². The van der Waals surface area contributed by atoms with Crippen molar-refractivity contribution in [3.05, 3.63) is 37.4 Å². The van der Waals surface area contributed by atoms with Crippen LogP contribution in [0.1, 0.15) is 11.4 Å². The Morgan fingerprint density at radius 1 is 1.57 bits per heavy atom. The number of allylic oxidation sites excluding steroid dienone is 1. The zero-order valence-corrected chi connectivity index (χ0v) is 11.1. The third kappa shape index (κ3) is 2.33. The van der Waals surface area contributed by atoms with Crippen molar-refractivity contribution in [2.45, 2.75) is 20.4 Å². The molecule has 0 unspecified atom stereocenters. The molecular weight excluding hydrogens is 312 g/mol. The second kappa shape index (κ2) is 4.40. The summed E-state index contributed by atoms with van der Waals surface area (Å²) in [5, 5.41) is 0. The average molecular weight is 322 g/mol.